The van der Waals surface area contributed by atoms with Gasteiger partial charge in [-0.3, -0.25) is 4.90 Å². The fourth-order valence-electron chi connectivity index (χ4n) is 3.80. The number of alkyl halides is 3. The summed E-state index contributed by atoms with van der Waals surface area (Å²) < 4.78 is 48.7. The summed E-state index contributed by atoms with van der Waals surface area (Å²) in [5.41, 5.74) is -0.901. The van der Waals surface area contributed by atoms with Gasteiger partial charge in [0.2, 0.25) is 5.88 Å². The van der Waals surface area contributed by atoms with Crippen LogP contribution in [0.1, 0.15) is 38.3 Å². The van der Waals surface area contributed by atoms with Crippen molar-refractivity contribution in [3.8, 4) is 5.88 Å². The Labute approximate surface area is 139 Å². The van der Waals surface area contributed by atoms with Gasteiger partial charge in [0.15, 0.2) is 5.69 Å². The summed E-state index contributed by atoms with van der Waals surface area (Å²) in [6, 6.07) is 0.247. The van der Waals surface area contributed by atoms with E-state index in [-0.39, 0.29) is 17.5 Å². The molecule has 24 heavy (non-hydrogen) atoms. The lowest BCUT2D eigenvalue weighted by atomic mass is 9.95. The maximum Gasteiger partial charge on any atom is 0.434 e. The highest BCUT2D eigenvalue weighted by Gasteiger charge is 2.49. The average Bonchev–Trinajstić information content (AvgIpc) is 3.10. The maximum atomic E-state index is 12.5. The van der Waals surface area contributed by atoms with Crippen LogP contribution in [0.15, 0.2) is 12.4 Å². The van der Waals surface area contributed by atoms with Crippen LogP contribution in [0.5, 0.6) is 5.88 Å². The van der Waals surface area contributed by atoms with Crippen LogP contribution in [-0.4, -0.2) is 52.8 Å². The van der Waals surface area contributed by atoms with E-state index in [1.165, 1.54) is 0 Å². The number of halogens is 3. The Balaban J connectivity index is 1.57. The first kappa shape index (κ1) is 17.4. The van der Waals surface area contributed by atoms with Crippen molar-refractivity contribution in [2.24, 2.45) is 0 Å². The summed E-state index contributed by atoms with van der Waals surface area (Å²) >= 11 is 0. The predicted molar refractivity (Wildman–Crippen MR) is 80.7 cm³/mol. The van der Waals surface area contributed by atoms with Crippen LogP contribution in [0.4, 0.5) is 13.2 Å². The van der Waals surface area contributed by atoms with E-state index < -0.39 is 11.9 Å². The van der Waals surface area contributed by atoms with Gasteiger partial charge in [-0.2, -0.15) is 13.2 Å². The zero-order chi connectivity index (χ0) is 17.2. The zero-order valence-corrected chi connectivity index (χ0v) is 13.7. The molecule has 1 aromatic rings. The quantitative estimate of drug-likeness (QED) is 0.793. The molecule has 2 aliphatic heterocycles. The van der Waals surface area contributed by atoms with Crippen molar-refractivity contribution in [3.05, 3.63) is 18.1 Å². The molecule has 2 atom stereocenters. The summed E-state index contributed by atoms with van der Waals surface area (Å²) in [5, 5.41) is 0. The first-order chi connectivity index (χ1) is 11.4. The van der Waals surface area contributed by atoms with E-state index in [1.54, 1.807) is 0 Å². The van der Waals surface area contributed by atoms with Gasteiger partial charge in [0.1, 0.15) is 6.61 Å². The highest BCUT2D eigenvalue weighted by molar-refractivity contribution is 5.10. The van der Waals surface area contributed by atoms with E-state index in [2.05, 4.69) is 14.9 Å². The van der Waals surface area contributed by atoms with E-state index in [9.17, 15) is 13.2 Å². The Morgan fingerprint density at radius 2 is 2.12 bits per heavy atom. The molecule has 0 N–H and O–H groups in total. The summed E-state index contributed by atoms with van der Waals surface area (Å²) in [6.45, 7) is 4.86. The van der Waals surface area contributed by atoms with Crippen LogP contribution in [0.2, 0.25) is 0 Å². The molecule has 0 aliphatic carbocycles. The highest BCUT2D eigenvalue weighted by atomic mass is 19.4. The molecule has 0 spiro atoms. The van der Waals surface area contributed by atoms with Crippen LogP contribution in [0.3, 0.4) is 0 Å². The van der Waals surface area contributed by atoms with Gasteiger partial charge < -0.3 is 9.47 Å². The third kappa shape index (κ3) is 3.49. The molecule has 134 valence electrons. The Morgan fingerprint density at radius 1 is 1.29 bits per heavy atom. The Bertz CT molecular complexity index is 552. The number of aromatic nitrogens is 2. The molecule has 5 nitrogen and oxygen atoms in total. The standard InChI is InChI=1S/C16H22F3N3O2/c1-2-23-11-15-5-3-7-22(15)12(4-6-15)10-24-14-9-20-13(8-21-14)16(17,18)19/h8-9,12H,2-7,10-11H2,1H3/t12-,15-/m0/s1. The molecule has 0 unspecified atom stereocenters. The number of fused-ring (bicyclic) bond motifs is 1. The molecule has 2 fully saturated rings. The second-order valence-electron chi connectivity index (χ2n) is 6.40. The van der Waals surface area contributed by atoms with E-state index in [4.69, 9.17) is 9.47 Å². The van der Waals surface area contributed by atoms with Crippen LogP contribution >= 0.6 is 0 Å². The molecule has 1 aromatic heterocycles. The minimum absolute atomic E-state index is 0.107. The summed E-state index contributed by atoms with van der Waals surface area (Å²) in [5.74, 6) is 0.129. The Hall–Kier alpha value is -1.41. The lowest BCUT2D eigenvalue weighted by molar-refractivity contribution is -0.141. The van der Waals surface area contributed by atoms with Crippen molar-refractivity contribution >= 4 is 0 Å². The lowest BCUT2D eigenvalue weighted by Crippen LogP contribution is -2.47. The zero-order valence-electron chi connectivity index (χ0n) is 13.7. The van der Waals surface area contributed by atoms with E-state index in [1.807, 2.05) is 6.92 Å². The smallest absolute Gasteiger partial charge is 0.434 e. The normalized spacial score (nSPS) is 27.4. The highest BCUT2D eigenvalue weighted by Crippen LogP contribution is 2.42. The van der Waals surface area contributed by atoms with Gasteiger partial charge in [0, 0.05) is 18.2 Å². The monoisotopic (exact) mass is 345 g/mol. The van der Waals surface area contributed by atoms with Crippen molar-refractivity contribution in [3.63, 3.8) is 0 Å². The van der Waals surface area contributed by atoms with Gasteiger partial charge in [-0.25, -0.2) is 9.97 Å². The molecule has 0 radical (unpaired) electrons. The van der Waals surface area contributed by atoms with E-state index in [0.29, 0.717) is 19.4 Å². The Kier molecular flexibility index (Phi) is 4.96. The third-order valence-electron chi connectivity index (χ3n) is 4.95. The largest absolute Gasteiger partial charge is 0.475 e. The van der Waals surface area contributed by atoms with Crippen LogP contribution < -0.4 is 4.74 Å². The van der Waals surface area contributed by atoms with Crippen molar-refractivity contribution in [1.29, 1.82) is 0 Å². The van der Waals surface area contributed by atoms with Gasteiger partial charge in [-0.1, -0.05) is 0 Å². The van der Waals surface area contributed by atoms with Gasteiger partial charge in [0.05, 0.1) is 19.0 Å². The lowest BCUT2D eigenvalue weighted by Gasteiger charge is -2.34. The number of rotatable bonds is 6. The topological polar surface area (TPSA) is 47.5 Å². The number of nitrogens with zero attached hydrogens (tertiary/aromatic N) is 3. The molecular weight excluding hydrogens is 323 g/mol. The molecule has 0 saturated carbocycles. The molecule has 3 rings (SSSR count). The minimum atomic E-state index is -4.48. The fraction of sp³-hybridized carbons (Fsp3) is 0.750. The molecule has 2 aliphatic rings. The van der Waals surface area contributed by atoms with Gasteiger partial charge >= 0.3 is 6.18 Å². The summed E-state index contributed by atoms with van der Waals surface area (Å²) in [7, 11) is 0. The SMILES string of the molecule is CCOC[C@@]12CCCN1[C@H](COc1cnc(C(F)(F)F)cn1)CC2. The van der Waals surface area contributed by atoms with Crippen LogP contribution in [-0.2, 0) is 10.9 Å². The van der Waals surface area contributed by atoms with Crippen molar-refractivity contribution in [2.75, 3.05) is 26.4 Å². The van der Waals surface area contributed by atoms with Crippen molar-refractivity contribution in [2.45, 2.75) is 50.4 Å². The average molecular weight is 345 g/mol. The Morgan fingerprint density at radius 3 is 2.79 bits per heavy atom. The van der Waals surface area contributed by atoms with E-state index >= 15 is 0 Å². The first-order valence-corrected chi connectivity index (χ1v) is 8.31. The maximum absolute atomic E-state index is 12.5. The van der Waals surface area contributed by atoms with Gasteiger partial charge in [-0.05, 0) is 39.2 Å². The van der Waals surface area contributed by atoms with Gasteiger partial charge in [0.25, 0.3) is 0 Å². The summed E-state index contributed by atoms with van der Waals surface area (Å²) in [6.07, 6.45) is 1.61. The minimum Gasteiger partial charge on any atom is -0.475 e. The molecule has 8 heteroatoms. The second kappa shape index (κ2) is 6.84. The number of ether oxygens (including phenoxy) is 2. The fourth-order valence-corrected chi connectivity index (χ4v) is 3.80. The molecule has 0 bridgehead atoms. The van der Waals surface area contributed by atoms with Crippen molar-refractivity contribution < 1.29 is 22.6 Å². The van der Waals surface area contributed by atoms with Crippen LogP contribution in [0.25, 0.3) is 0 Å². The molecule has 3 heterocycles. The molecule has 2 saturated heterocycles. The predicted octanol–water partition coefficient (Wildman–Crippen LogP) is 2.91. The number of hydrogen-bond acceptors (Lipinski definition) is 5. The summed E-state index contributed by atoms with van der Waals surface area (Å²) in [4.78, 5) is 9.52. The molecule has 0 amide bonds. The molecule has 0 aromatic carbocycles. The van der Waals surface area contributed by atoms with Crippen LogP contribution in [0, 0.1) is 0 Å². The molecular formula is C16H22F3N3O2. The van der Waals surface area contributed by atoms with E-state index in [0.717, 1.165) is 45.0 Å². The van der Waals surface area contributed by atoms with Crippen molar-refractivity contribution in [1.82, 2.24) is 14.9 Å². The first-order valence-electron chi connectivity index (χ1n) is 8.31. The second-order valence-corrected chi connectivity index (χ2v) is 6.40. The van der Waals surface area contributed by atoms with Gasteiger partial charge in [-0.15, -0.1) is 0 Å². The number of hydrogen-bond donors (Lipinski definition) is 0. The third-order valence-corrected chi connectivity index (χ3v) is 4.95.